The van der Waals surface area contributed by atoms with Crippen LogP contribution in [0.25, 0.3) is 0 Å². The molecule has 2 N–H and O–H groups in total. The van der Waals surface area contributed by atoms with E-state index in [1.165, 1.54) is 6.42 Å². The number of anilines is 1. The van der Waals surface area contributed by atoms with E-state index in [-0.39, 0.29) is 5.91 Å². The molecule has 4 nitrogen and oxygen atoms in total. The highest BCUT2D eigenvalue weighted by Crippen LogP contribution is 2.29. The maximum Gasteiger partial charge on any atom is 0.253 e. The highest BCUT2D eigenvalue weighted by atomic mass is 16.1. The average molecular weight is 275 g/mol. The van der Waals surface area contributed by atoms with Crippen molar-refractivity contribution in [3.05, 3.63) is 23.9 Å². The van der Waals surface area contributed by atoms with Crippen LogP contribution in [0.5, 0.6) is 0 Å². The SMILES string of the molecule is CCNc1ccc(C(=O)NC2CCC(C)C(C)C2)cn1. The Morgan fingerprint density at radius 2 is 2.10 bits per heavy atom. The number of hydrogen-bond donors (Lipinski definition) is 2. The Hall–Kier alpha value is -1.58. The molecular weight excluding hydrogens is 250 g/mol. The van der Waals surface area contributed by atoms with Crippen LogP contribution in [-0.2, 0) is 0 Å². The molecule has 1 aliphatic rings. The molecule has 1 aromatic rings. The van der Waals surface area contributed by atoms with Gasteiger partial charge in [-0.2, -0.15) is 0 Å². The molecule has 1 aliphatic carbocycles. The van der Waals surface area contributed by atoms with Crippen LogP contribution in [0, 0.1) is 11.8 Å². The maximum absolute atomic E-state index is 12.2. The first kappa shape index (κ1) is 14.8. The molecule has 0 radical (unpaired) electrons. The molecule has 2 rings (SSSR count). The van der Waals surface area contributed by atoms with Gasteiger partial charge in [0.25, 0.3) is 5.91 Å². The van der Waals surface area contributed by atoms with Crippen molar-refractivity contribution in [3.8, 4) is 0 Å². The largest absolute Gasteiger partial charge is 0.370 e. The van der Waals surface area contributed by atoms with Gasteiger partial charge in [-0.25, -0.2) is 4.98 Å². The lowest BCUT2D eigenvalue weighted by Gasteiger charge is -2.32. The molecule has 0 aliphatic heterocycles. The first-order chi connectivity index (χ1) is 9.60. The summed E-state index contributed by atoms with van der Waals surface area (Å²) in [4.78, 5) is 16.4. The summed E-state index contributed by atoms with van der Waals surface area (Å²) in [7, 11) is 0. The number of amides is 1. The molecule has 1 saturated carbocycles. The van der Waals surface area contributed by atoms with Crippen LogP contribution >= 0.6 is 0 Å². The monoisotopic (exact) mass is 275 g/mol. The molecule has 1 aromatic heterocycles. The molecular formula is C16H25N3O. The quantitative estimate of drug-likeness (QED) is 0.888. The van der Waals surface area contributed by atoms with Crippen molar-refractivity contribution in [3.63, 3.8) is 0 Å². The lowest BCUT2D eigenvalue weighted by molar-refractivity contribution is 0.0910. The molecule has 3 atom stereocenters. The van der Waals surface area contributed by atoms with E-state index in [4.69, 9.17) is 0 Å². The molecule has 0 bridgehead atoms. The van der Waals surface area contributed by atoms with Crippen LogP contribution in [0.4, 0.5) is 5.82 Å². The Bertz CT molecular complexity index is 444. The number of rotatable bonds is 4. The maximum atomic E-state index is 12.2. The van der Waals surface area contributed by atoms with Crippen molar-refractivity contribution in [1.29, 1.82) is 0 Å². The summed E-state index contributed by atoms with van der Waals surface area (Å²) in [6.07, 6.45) is 5.00. The zero-order chi connectivity index (χ0) is 14.5. The van der Waals surface area contributed by atoms with Crippen molar-refractivity contribution in [2.45, 2.75) is 46.1 Å². The fourth-order valence-corrected chi connectivity index (χ4v) is 2.76. The summed E-state index contributed by atoms with van der Waals surface area (Å²) < 4.78 is 0. The Balaban J connectivity index is 1.91. The van der Waals surface area contributed by atoms with Gasteiger partial charge in [-0.3, -0.25) is 4.79 Å². The van der Waals surface area contributed by atoms with E-state index in [1.807, 2.05) is 19.1 Å². The Labute approximate surface area is 121 Å². The fourth-order valence-electron chi connectivity index (χ4n) is 2.76. The summed E-state index contributed by atoms with van der Waals surface area (Å²) in [6, 6.07) is 3.99. The van der Waals surface area contributed by atoms with Crippen molar-refractivity contribution in [1.82, 2.24) is 10.3 Å². The lowest BCUT2D eigenvalue weighted by atomic mass is 9.79. The normalized spacial score (nSPS) is 26.1. The molecule has 0 spiro atoms. The van der Waals surface area contributed by atoms with E-state index < -0.39 is 0 Å². The molecule has 110 valence electrons. The minimum atomic E-state index is -0.00713. The predicted molar refractivity (Wildman–Crippen MR) is 81.8 cm³/mol. The van der Waals surface area contributed by atoms with Gasteiger partial charge in [-0.05, 0) is 50.2 Å². The zero-order valence-electron chi connectivity index (χ0n) is 12.6. The fraction of sp³-hybridized carbons (Fsp3) is 0.625. The minimum Gasteiger partial charge on any atom is -0.370 e. The van der Waals surface area contributed by atoms with Gasteiger partial charge in [0.05, 0.1) is 5.56 Å². The Kier molecular flexibility index (Phi) is 4.99. The Morgan fingerprint density at radius 1 is 1.30 bits per heavy atom. The minimum absolute atomic E-state index is 0.00713. The van der Waals surface area contributed by atoms with E-state index in [2.05, 4.69) is 29.5 Å². The highest BCUT2D eigenvalue weighted by Gasteiger charge is 2.25. The number of carbonyl (C=O) groups excluding carboxylic acids is 1. The van der Waals surface area contributed by atoms with Crippen LogP contribution in [-0.4, -0.2) is 23.5 Å². The molecule has 0 aromatic carbocycles. The molecule has 1 heterocycles. The van der Waals surface area contributed by atoms with Gasteiger partial charge in [-0.1, -0.05) is 13.8 Å². The first-order valence-electron chi connectivity index (χ1n) is 7.61. The van der Waals surface area contributed by atoms with Gasteiger partial charge in [0.2, 0.25) is 0 Å². The van der Waals surface area contributed by atoms with Crippen LogP contribution in [0.3, 0.4) is 0 Å². The third-order valence-corrected chi connectivity index (χ3v) is 4.32. The summed E-state index contributed by atoms with van der Waals surface area (Å²) in [5.41, 5.74) is 0.637. The second kappa shape index (κ2) is 6.73. The molecule has 0 saturated heterocycles. The summed E-state index contributed by atoms with van der Waals surface area (Å²) in [5, 5.41) is 6.26. The van der Waals surface area contributed by atoms with Crippen LogP contribution < -0.4 is 10.6 Å². The summed E-state index contributed by atoms with van der Waals surface area (Å²) >= 11 is 0. The van der Waals surface area contributed by atoms with E-state index in [1.54, 1.807) is 6.20 Å². The van der Waals surface area contributed by atoms with Gasteiger partial charge in [-0.15, -0.1) is 0 Å². The van der Waals surface area contributed by atoms with Crippen molar-refractivity contribution < 1.29 is 4.79 Å². The van der Waals surface area contributed by atoms with Gasteiger partial charge in [0, 0.05) is 18.8 Å². The lowest BCUT2D eigenvalue weighted by Crippen LogP contribution is -2.39. The van der Waals surface area contributed by atoms with Crippen molar-refractivity contribution >= 4 is 11.7 Å². The smallest absolute Gasteiger partial charge is 0.253 e. The van der Waals surface area contributed by atoms with Crippen LogP contribution in [0.2, 0.25) is 0 Å². The third kappa shape index (κ3) is 3.71. The third-order valence-electron chi connectivity index (χ3n) is 4.32. The standard InChI is InChI=1S/C16H25N3O/c1-4-17-15-8-6-13(10-18-15)16(20)19-14-7-5-11(2)12(3)9-14/h6,8,10-12,14H,4-5,7,9H2,1-3H3,(H,17,18)(H,19,20). The second-order valence-electron chi connectivity index (χ2n) is 5.90. The van der Waals surface area contributed by atoms with E-state index in [0.717, 1.165) is 31.1 Å². The number of nitrogens with one attached hydrogen (secondary N) is 2. The first-order valence-corrected chi connectivity index (χ1v) is 7.61. The van der Waals surface area contributed by atoms with Crippen LogP contribution in [0.15, 0.2) is 18.3 Å². The molecule has 4 heteroatoms. The van der Waals surface area contributed by atoms with Gasteiger partial charge in [0.1, 0.15) is 5.82 Å². The summed E-state index contributed by atoms with van der Waals surface area (Å²) in [6.45, 7) is 7.42. The predicted octanol–water partition coefficient (Wildman–Crippen LogP) is 3.07. The van der Waals surface area contributed by atoms with Gasteiger partial charge < -0.3 is 10.6 Å². The molecule has 1 amide bonds. The molecule has 3 unspecified atom stereocenters. The number of aromatic nitrogens is 1. The summed E-state index contributed by atoms with van der Waals surface area (Å²) in [5.74, 6) is 2.25. The van der Waals surface area contributed by atoms with Crippen LogP contribution in [0.1, 0.15) is 50.4 Å². The van der Waals surface area contributed by atoms with Crippen molar-refractivity contribution in [2.24, 2.45) is 11.8 Å². The van der Waals surface area contributed by atoms with E-state index >= 15 is 0 Å². The second-order valence-corrected chi connectivity index (χ2v) is 5.90. The Morgan fingerprint density at radius 3 is 2.70 bits per heavy atom. The van der Waals surface area contributed by atoms with E-state index in [9.17, 15) is 4.79 Å². The zero-order valence-corrected chi connectivity index (χ0v) is 12.6. The van der Waals surface area contributed by atoms with Gasteiger partial charge in [0.15, 0.2) is 0 Å². The van der Waals surface area contributed by atoms with Crippen molar-refractivity contribution in [2.75, 3.05) is 11.9 Å². The number of hydrogen-bond acceptors (Lipinski definition) is 3. The molecule has 1 fully saturated rings. The average Bonchev–Trinajstić information content (AvgIpc) is 2.44. The molecule has 20 heavy (non-hydrogen) atoms. The number of nitrogens with zero attached hydrogens (tertiary/aromatic N) is 1. The number of pyridine rings is 1. The topological polar surface area (TPSA) is 54.0 Å². The highest BCUT2D eigenvalue weighted by molar-refractivity contribution is 5.94. The van der Waals surface area contributed by atoms with E-state index in [0.29, 0.717) is 17.5 Å². The number of carbonyl (C=O) groups is 1. The van der Waals surface area contributed by atoms with Gasteiger partial charge >= 0.3 is 0 Å².